The Morgan fingerprint density at radius 2 is 1.41 bits per heavy atom. The van der Waals surface area contributed by atoms with Crippen LogP contribution in [0.15, 0.2) is 48.5 Å². The molecule has 0 saturated carbocycles. The van der Waals surface area contributed by atoms with Crippen molar-refractivity contribution in [3.05, 3.63) is 54.1 Å². The van der Waals surface area contributed by atoms with E-state index < -0.39 is 0 Å². The summed E-state index contributed by atoms with van der Waals surface area (Å²) in [6, 6.07) is 14.5. The maximum absolute atomic E-state index is 12.9. The summed E-state index contributed by atoms with van der Waals surface area (Å²) in [5.41, 5.74) is 2.69. The zero-order chi connectivity index (χ0) is 32.0. The van der Waals surface area contributed by atoms with E-state index in [1.165, 1.54) is 0 Å². The minimum Gasteiger partial charge on any atom is -0.378 e. The third kappa shape index (κ3) is 7.72. The van der Waals surface area contributed by atoms with E-state index in [1.807, 2.05) is 43.3 Å². The molecule has 2 N–H and O–H groups in total. The number of nitrogens with one attached hydrogen (secondary N) is 2. The highest BCUT2D eigenvalue weighted by Crippen LogP contribution is 2.25. The van der Waals surface area contributed by atoms with Crippen LogP contribution < -0.4 is 20.4 Å². The van der Waals surface area contributed by atoms with Gasteiger partial charge in [0.25, 0.3) is 5.91 Å². The van der Waals surface area contributed by atoms with Crippen LogP contribution in [-0.4, -0.2) is 134 Å². The summed E-state index contributed by atoms with van der Waals surface area (Å²) >= 11 is 0. The molecule has 3 aliphatic rings. The quantitative estimate of drug-likeness (QED) is 0.404. The minimum absolute atomic E-state index is 0.0156. The van der Waals surface area contributed by atoms with E-state index in [0.717, 1.165) is 70.8 Å². The smallest absolute Gasteiger partial charge is 0.323 e. The highest BCUT2D eigenvalue weighted by Gasteiger charge is 2.28. The standard InChI is InChI=1S/C33H44N10O3/c1-39(2)28-13-16-43(23-28)30(44)25-7-11-27(12-8-25)35-33(45)34-26-9-5-24(6-10-26)29-36-31(41-15-4-14-40(3)17-18-41)38-32(37-29)42-19-21-46-22-20-42/h5-12,28H,4,13-23H2,1-3H3,(H2,34,35,45). The summed E-state index contributed by atoms with van der Waals surface area (Å²) < 4.78 is 5.55. The number of carbonyl (C=O) groups is 2. The van der Waals surface area contributed by atoms with Crippen LogP contribution in [0.1, 0.15) is 23.2 Å². The lowest BCUT2D eigenvalue weighted by molar-refractivity contribution is 0.0783. The van der Waals surface area contributed by atoms with Crippen molar-refractivity contribution in [3.8, 4) is 11.4 Å². The van der Waals surface area contributed by atoms with Gasteiger partial charge in [0, 0.05) is 74.4 Å². The number of hydrogen-bond donors (Lipinski definition) is 2. The maximum atomic E-state index is 12.9. The number of nitrogens with zero attached hydrogens (tertiary/aromatic N) is 8. The Morgan fingerprint density at radius 3 is 2.04 bits per heavy atom. The van der Waals surface area contributed by atoms with Gasteiger partial charge in [0.1, 0.15) is 0 Å². The Kier molecular flexibility index (Phi) is 9.91. The van der Waals surface area contributed by atoms with Crippen molar-refractivity contribution in [1.29, 1.82) is 0 Å². The van der Waals surface area contributed by atoms with E-state index in [1.54, 1.807) is 24.3 Å². The summed E-state index contributed by atoms with van der Waals surface area (Å²) in [5, 5.41) is 5.74. The van der Waals surface area contributed by atoms with Gasteiger partial charge in [0.2, 0.25) is 11.9 Å². The van der Waals surface area contributed by atoms with Crippen molar-refractivity contribution in [2.24, 2.45) is 0 Å². The Bertz CT molecular complexity index is 1490. The van der Waals surface area contributed by atoms with Gasteiger partial charge in [-0.2, -0.15) is 15.0 Å². The van der Waals surface area contributed by atoms with Crippen LogP contribution in [-0.2, 0) is 4.74 Å². The molecule has 244 valence electrons. The molecule has 3 aliphatic heterocycles. The topological polar surface area (TPSA) is 122 Å². The van der Waals surface area contributed by atoms with Gasteiger partial charge in [-0.25, -0.2) is 4.79 Å². The number of aromatic nitrogens is 3. The Hall–Kier alpha value is -4.33. The first kappa shape index (κ1) is 31.6. The molecule has 3 saturated heterocycles. The van der Waals surface area contributed by atoms with Crippen LogP contribution in [0.4, 0.5) is 28.1 Å². The second-order valence-electron chi connectivity index (χ2n) is 12.4. The van der Waals surface area contributed by atoms with Crippen LogP contribution in [0, 0.1) is 0 Å². The molecule has 13 nitrogen and oxygen atoms in total. The molecule has 1 unspecified atom stereocenters. The largest absolute Gasteiger partial charge is 0.378 e. The van der Waals surface area contributed by atoms with Crippen molar-refractivity contribution in [2.75, 3.05) is 107 Å². The molecule has 1 aromatic heterocycles. The third-order valence-electron chi connectivity index (χ3n) is 8.88. The number of likely N-dealkylation sites (N-methyl/N-ethyl adjacent to an activating group) is 2. The molecule has 1 atom stereocenters. The molecule has 0 aliphatic carbocycles. The Balaban J connectivity index is 1.10. The predicted octanol–water partition coefficient (Wildman–Crippen LogP) is 2.94. The number of rotatable bonds is 7. The summed E-state index contributed by atoms with van der Waals surface area (Å²) in [6.45, 7) is 7.99. The van der Waals surface area contributed by atoms with Crippen LogP contribution in [0.25, 0.3) is 11.4 Å². The van der Waals surface area contributed by atoms with Gasteiger partial charge in [-0.05, 0) is 89.1 Å². The molecule has 3 amide bonds. The zero-order valence-corrected chi connectivity index (χ0v) is 27.0. The highest BCUT2D eigenvalue weighted by atomic mass is 16.5. The highest BCUT2D eigenvalue weighted by molar-refractivity contribution is 6.00. The molecule has 46 heavy (non-hydrogen) atoms. The number of likely N-dealkylation sites (tertiary alicyclic amines) is 1. The van der Waals surface area contributed by atoms with Crippen molar-refractivity contribution < 1.29 is 14.3 Å². The first-order valence-electron chi connectivity index (χ1n) is 16.1. The number of ether oxygens (including phenoxy) is 1. The lowest BCUT2D eigenvalue weighted by Gasteiger charge is -2.28. The second kappa shape index (κ2) is 14.4. The molecule has 0 bridgehead atoms. The van der Waals surface area contributed by atoms with Gasteiger partial charge in [0.15, 0.2) is 5.82 Å². The molecule has 3 aromatic rings. The summed E-state index contributed by atoms with van der Waals surface area (Å²) in [7, 11) is 6.23. The molecule has 2 aromatic carbocycles. The number of carbonyl (C=O) groups excluding carboxylic acids is 2. The number of benzene rings is 2. The molecule has 3 fully saturated rings. The van der Waals surface area contributed by atoms with Crippen molar-refractivity contribution >= 4 is 35.2 Å². The molecular weight excluding hydrogens is 584 g/mol. The first-order chi connectivity index (χ1) is 22.3. The van der Waals surface area contributed by atoms with Crippen molar-refractivity contribution in [2.45, 2.75) is 18.9 Å². The van der Waals surface area contributed by atoms with Crippen LogP contribution in [0.3, 0.4) is 0 Å². The normalized spacial score (nSPS) is 19.3. The van der Waals surface area contributed by atoms with Gasteiger partial charge in [-0.15, -0.1) is 0 Å². The third-order valence-corrected chi connectivity index (χ3v) is 8.88. The summed E-state index contributed by atoms with van der Waals surface area (Å²) in [6.07, 6.45) is 2.02. The summed E-state index contributed by atoms with van der Waals surface area (Å²) in [5.74, 6) is 1.96. The second-order valence-corrected chi connectivity index (χ2v) is 12.4. The Morgan fingerprint density at radius 1 is 0.783 bits per heavy atom. The van der Waals surface area contributed by atoms with E-state index in [9.17, 15) is 9.59 Å². The van der Waals surface area contributed by atoms with Crippen LogP contribution in [0.2, 0.25) is 0 Å². The average molecular weight is 629 g/mol. The SMILES string of the molecule is CN1CCCN(c2nc(-c3ccc(NC(=O)Nc4ccc(C(=O)N5CCC(N(C)C)C5)cc4)cc3)nc(N3CCOCC3)n2)CC1. The molecule has 6 rings (SSSR count). The van der Waals surface area contributed by atoms with E-state index >= 15 is 0 Å². The van der Waals surface area contributed by atoms with Crippen molar-refractivity contribution in [1.82, 2.24) is 29.7 Å². The van der Waals surface area contributed by atoms with Gasteiger partial charge in [-0.1, -0.05) is 0 Å². The van der Waals surface area contributed by atoms with E-state index in [4.69, 9.17) is 19.7 Å². The lowest BCUT2D eigenvalue weighted by atomic mass is 10.2. The van der Waals surface area contributed by atoms with E-state index in [-0.39, 0.29) is 11.9 Å². The zero-order valence-electron chi connectivity index (χ0n) is 27.0. The molecule has 0 radical (unpaired) electrons. The number of anilines is 4. The van der Waals surface area contributed by atoms with Gasteiger partial charge in [-0.3, -0.25) is 4.79 Å². The van der Waals surface area contributed by atoms with Gasteiger partial charge >= 0.3 is 6.03 Å². The molecular formula is C33H44N10O3. The van der Waals surface area contributed by atoms with Crippen LogP contribution in [0.5, 0.6) is 0 Å². The summed E-state index contributed by atoms with van der Waals surface area (Å²) in [4.78, 5) is 51.1. The molecule has 4 heterocycles. The van der Waals surface area contributed by atoms with Gasteiger partial charge in [0.05, 0.1) is 13.2 Å². The van der Waals surface area contributed by atoms with Gasteiger partial charge < -0.3 is 39.9 Å². The van der Waals surface area contributed by atoms with Crippen molar-refractivity contribution in [3.63, 3.8) is 0 Å². The number of morpholine rings is 1. The number of hydrogen-bond acceptors (Lipinski definition) is 10. The fourth-order valence-electron chi connectivity index (χ4n) is 6.00. The number of urea groups is 1. The average Bonchev–Trinajstić information content (AvgIpc) is 3.48. The lowest BCUT2D eigenvalue weighted by Crippen LogP contribution is -2.38. The molecule has 13 heteroatoms. The van der Waals surface area contributed by atoms with E-state index in [0.29, 0.717) is 53.9 Å². The fourth-order valence-corrected chi connectivity index (χ4v) is 6.00. The van der Waals surface area contributed by atoms with E-state index in [2.05, 4.69) is 37.3 Å². The maximum Gasteiger partial charge on any atom is 0.323 e. The first-order valence-corrected chi connectivity index (χ1v) is 16.1. The number of amides is 3. The Labute approximate surface area is 270 Å². The monoisotopic (exact) mass is 628 g/mol. The minimum atomic E-state index is -0.372. The van der Waals surface area contributed by atoms with Crippen LogP contribution >= 0.6 is 0 Å². The molecule has 0 spiro atoms. The fraction of sp³-hybridized carbons (Fsp3) is 0.485. The predicted molar refractivity (Wildman–Crippen MR) is 180 cm³/mol.